The minimum Gasteiger partial charge on any atom is -0.481 e. The van der Waals surface area contributed by atoms with E-state index in [0.29, 0.717) is 53.1 Å². The molecule has 186 valence electrons. The van der Waals surface area contributed by atoms with Gasteiger partial charge in [-0.2, -0.15) is 5.10 Å². The Morgan fingerprint density at radius 1 is 1.16 bits per heavy atom. The van der Waals surface area contributed by atoms with E-state index < -0.39 is 11.9 Å². The van der Waals surface area contributed by atoms with Gasteiger partial charge in [0.15, 0.2) is 0 Å². The molecule has 1 fully saturated rings. The number of nitrogens with one attached hydrogen (secondary N) is 3. The van der Waals surface area contributed by atoms with Crippen molar-refractivity contribution in [1.29, 1.82) is 5.41 Å². The van der Waals surface area contributed by atoms with Crippen molar-refractivity contribution in [3.8, 4) is 0 Å². The third-order valence-corrected chi connectivity index (χ3v) is 7.70. The molecule has 37 heavy (non-hydrogen) atoms. The molecule has 2 aliphatic heterocycles. The summed E-state index contributed by atoms with van der Waals surface area (Å²) < 4.78 is 0.641. The van der Waals surface area contributed by atoms with Crippen LogP contribution in [0.15, 0.2) is 64.0 Å². The maximum Gasteiger partial charge on any atom is 0.306 e. The fourth-order valence-corrected chi connectivity index (χ4v) is 5.60. The first kappa shape index (κ1) is 23.3. The summed E-state index contributed by atoms with van der Waals surface area (Å²) in [5.41, 5.74) is 3.61. The van der Waals surface area contributed by atoms with Crippen LogP contribution in [0.5, 0.6) is 0 Å². The standard InChI is InChI=1S/C26H22BrN7O3/c27-18-10-16(15-2-1-3-19-17(15)12-30-33-19)22(28)21-23(18)31-24(32-25(21)35)14-4-5-20(29-11-14)34-8-6-13(7-9-34)26(36)37/h1-5,10-13,21,28H,6-9H2,(H,30,33)(H,36,37)(H,31,32,35). The summed E-state index contributed by atoms with van der Waals surface area (Å²) >= 11 is 3.59. The van der Waals surface area contributed by atoms with Crippen molar-refractivity contribution in [3.63, 3.8) is 0 Å². The van der Waals surface area contributed by atoms with Crippen LogP contribution in [0.1, 0.15) is 24.0 Å². The van der Waals surface area contributed by atoms with Gasteiger partial charge in [0.05, 0.1) is 29.0 Å². The van der Waals surface area contributed by atoms with Gasteiger partial charge >= 0.3 is 5.97 Å². The Bertz CT molecular complexity index is 1550. The number of amidine groups is 1. The summed E-state index contributed by atoms with van der Waals surface area (Å²) in [6.07, 6.45) is 6.37. The number of amides is 1. The molecular weight excluding hydrogens is 538 g/mol. The van der Waals surface area contributed by atoms with Gasteiger partial charge in [0.25, 0.3) is 0 Å². The lowest BCUT2D eigenvalue weighted by Crippen LogP contribution is -2.45. The highest BCUT2D eigenvalue weighted by atomic mass is 79.9. The molecule has 1 amide bonds. The third-order valence-electron chi connectivity index (χ3n) is 7.07. The summed E-state index contributed by atoms with van der Waals surface area (Å²) in [6.45, 7) is 1.26. The molecule has 6 rings (SSSR count). The number of carboxylic acid groups (broad SMARTS) is 1. The number of carbonyl (C=O) groups excluding carboxylic acids is 1. The second-order valence-electron chi connectivity index (χ2n) is 9.23. The number of allylic oxidation sites excluding steroid dienone is 3. The minimum absolute atomic E-state index is 0.172. The number of piperidine rings is 1. The molecule has 1 aromatic carbocycles. The highest BCUT2D eigenvalue weighted by Crippen LogP contribution is 2.39. The lowest BCUT2D eigenvalue weighted by atomic mass is 9.83. The fraction of sp³-hybridized carbons (Fsp3) is 0.231. The molecule has 3 aliphatic rings. The van der Waals surface area contributed by atoms with E-state index >= 15 is 0 Å². The summed E-state index contributed by atoms with van der Waals surface area (Å²) in [5.74, 6) is -1.09. The molecule has 0 spiro atoms. The average Bonchev–Trinajstić information content (AvgIpc) is 3.40. The fourth-order valence-electron chi connectivity index (χ4n) is 5.05. The second kappa shape index (κ2) is 9.07. The van der Waals surface area contributed by atoms with E-state index in [1.54, 1.807) is 12.4 Å². The number of benzene rings is 1. The van der Waals surface area contributed by atoms with Gasteiger partial charge < -0.3 is 20.7 Å². The van der Waals surface area contributed by atoms with Crippen LogP contribution in [0.25, 0.3) is 16.5 Å². The van der Waals surface area contributed by atoms with Crippen LogP contribution >= 0.6 is 15.9 Å². The zero-order valence-corrected chi connectivity index (χ0v) is 21.1. The Kier molecular flexibility index (Phi) is 5.71. The zero-order chi connectivity index (χ0) is 25.7. The number of pyridine rings is 1. The molecule has 11 heteroatoms. The van der Waals surface area contributed by atoms with Crippen molar-refractivity contribution < 1.29 is 14.7 Å². The van der Waals surface area contributed by atoms with Gasteiger partial charge in [-0.25, -0.2) is 9.98 Å². The van der Waals surface area contributed by atoms with E-state index in [1.165, 1.54) is 0 Å². The monoisotopic (exact) mass is 559 g/mol. The smallest absolute Gasteiger partial charge is 0.306 e. The maximum atomic E-state index is 13.2. The number of fused-ring (bicyclic) bond motifs is 2. The topological polar surface area (TPSA) is 147 Å². The van der Waals surface area contributed by atoms with Crippen molar-refractivity contribution in [3.05, 3.63) is 70.1 Å². The summed E-state index contributed by atoms with van der Waals surface area (Å²) in [5, 5.41) is 28.9. The number of anilines is 1. The van der Waals surface area contributed by atoms with E-state index in [2.05, 4.69) is 41.3 Å². The number of carbonyl (C=O) groups is 2. The first-order chi connectivity index (χ1) is 17.9. The number of H-pyrrole nitrogens is 1. The van der Waals surface area contributed by atoms with Gasteiger partial charge in [0, 0.05) is 40.3 Å². The number of aromatic amines is 1. The number of aliphatic imine (C=N–C) groups is 1. The van der Waals surface area contributed by atoms with Gasteiger partial charge in [0.2, 0.25) is 5.91 Å². The molecule has 4 N–H and O–H groups in total. The summed E-state index contributed by atoms with van der Waals surface area (Å²) in [7, 11) is 0. The van der Waals surface area contributed by atoms with Crippen molar-refractivity contribution in [1.82, 2.24) is 20.5 Å². The molecule has 0 radical (unpaired) electrons. The minimum atomic E-state index is -0.844. The van der Waals surface area contributed by atoms with E-state index in [-0.39, 0.29) is 17.5 Å². The third kappa shape index (κ3) is 4.05. The van der Waals surface area contributed by atoms with Crippen molar-refractivity contribution >= 4 is 61.6 Å². The predicted octanol–water partition coefficient (Wildman–Crippen LogP) is 3.47. The van der Waals surface area contributed by atoms with Crippen molar-refractivity contribution in [2.45, 2.75) is 12.8 Å². The van der Waals surface area contributed by atoms with Crippen LogP contribution < -0.4 is 10.2 Å². The van der Waals surface area contributed by atoms with Gasteiger partial charge in [-0.05, 0) is 58.6 Å². The summed E-state index contributed by atoms with van der Waals surface area (Å²) in [6, 6.07) is 9.41. The molecule has 2 aromatic heterocycles. The predicted molar refractivity (Wildman–Crippen MR) is 143 cm³/mol. The van der Waals surface area contributed by atoms with Gasteiger partial charge in [0.1, 0.15) is 17.6 Å². The highest BCUT2D eigenvalue weighted by molar-refractivity contribution is 9.11. The molecule has 1 saturated heterocycles. The van der Waals surface area contributed by atoms with E-state index in [9.17, 15) is 14.7 Å². The first-order valence-electron chi connectivity index (χ1n) is 11.9. The normalized spacial score (nSPS) is 20.5. The lowest BCUT2D eigenvalue weighted by molar-refractivity contribution is -0.142. The quantitative estimate of drug-likeness (QED) is 0.384. The molecule has 0 saturated carbocycles. The Balaban J connectivity index is 1.29. The number of aromatic nitrogens is 3. The Hall–Kier alpha value is -4.12. The second-order valence-corrected chi connectivity index (χ2v) is 10.1. The summed E-state index contributed by atoms with van der Waals surface area (Å²) in [4.78, 5) is 35.8. The molecule has 4 heterocycles. The Labute approximate surface area is 219 Å². The molecule has 0 bridgehead atoms. The van der Waals surface area contributed by atoms with Gasteiger partial charge in [-0.1, -0.05) is 12.1 Å². The van der Waals surface area contributed by atoms with Crippen LogP contribution in [0.2, 0.25) is 0 Å². The molecule has 1 aliphatic carbocycles. The number of carboxylic acids is 1. The number of hydrogen-bond acceptors (Lipinski definition) is 7. The Morgan fingerprint density at radius 3 is 2.70 bits per heavy atom. The van der Waals surface area contributed by atoms with Crippen molar-refractivity contribution in [2.75, 3.05) is 18.0 Å². The average molecular weight is 560 g/mol. The number of halogens is 1. The zero-order valence-electron chi connectivity index (χ0n) is 19.5. The van der Waals surface area contributed by atoms with Crippen LogP contribution in [0, 0.1) is 17.2 Å². The van der Waals surface area contributed by atoms with E-state index in [4.69, 9.17) is 10.4 Å². The number of rotatable bonds is 4. The molecular formula is C26H22BrN7O3. The molecule has 10 nitrogen and oxygen atoms in total. The lowest BCUT2D eigenvalue weighted by Gasteiger charge is -2.31. The molecule has 3 aromatic rings. The Morgan fingerprint density at radius 2 is 1.97 bits per heavy atom. The van der Waals surface area contributed by atoms with Crippen LogP contribution in [0.4, 0.5) is 5.82 Å². The first-order valence-corrected chi connectivity index (χ1v) is 12.7. The number of nitrogens with zero attached hydrogens (tertiary/aromatic N) is 4. The van der Waals surface area contributed by atoms with Crippen molar-refractivity contribution in [2.24, 2.45) is 16.8 Å². The van der Waals surface area contributed by atoms with Gasteiger partial charge in [-0.15, -0.1) is 0 Å². The van der Waals surface area contributed by atoms with Gasteiger partial charge in [-0.3, -0.25) is 14.7 Å². The van der Waals surface area contributed by atoms with Crippen LogP contribution in [-0.2, 0) is 9.59 Å². The number of hydrogen-bond donors (Lipinski definition) is 4. The van der Waals surface area contributed by atoms with Crippen LogP contribution in [0.3, 0.4) is 0 Å². The van der Waals surface area contributed by atoms with E-state index in [1.807, 2.05) is 36.4 Å². The molecule has 1 atom stereocenters. The van der Waals surface area contributed by atoms with E-state index in [0.717, 1.165) is 22.3 Å². The molecule has 1 unspecified atom stereocenters. The maximum absolute atomic E-state index is 13.2. The van der Waals surface area contributed by atoms with Crippen LogP contribution in [-0.4, -0.2) is 56.8 Å². The highest BCUT2D eigenvalue weighted by Gasteiger charge is 2.39. The largest absolute Gasteiger partial charge is 0.481 e. The SMILES string of the molecule is N=C1C(c2cccc3[nH]ncc23)=CC(Br)=C2N=C(c3ccc(N4CCC(C(=O)O)CC4)nc3)NC(=O)C12. The number of aliphatic carboxylic acids is 1.